The number of benzene rings is 2. The van der Waals surface area contributed by atoms with E-state index in [1.54, 1.807) is 7.11 Å². The number of rotatable bonds is 7. The topological polar surface area (TPSA) is 44.8 Å². The number of amides is 1. The Kier molecular flexibility index (Phi) is 6.93. The van der Waals surface area contributed by atoms with Crippen molar-refractivity contribution in [2.75, 3.05) is 50.1 Å². The summed E-state index contributed by atoms with van der Waals surface area (Å²) in [7, 11) is 1.68. The fourth-order valence-electron chi connectivity index (χ4n) is 3.61. The van der Waals surface area contributed by atoms with Crippen molar-refractivity contribution in [3.05, 3.63) is 54.1 Å². The number of nitrogens with zero attached hydrogens (tertiary/aromatic N) is 2. The molecule has 0 aliphatic carbocycles. The van der Waals surface area contributed by atoms with Gasteiger partial charge in [0.25, 0.3) is 0 Å². The van der Waals surface area contributed by atoms with Crippen LogP contribution in [0.2, 0.25) is 0 Å². The quantitative estimate of drug-likeness (QED) is 0.788. The van der Waals surface area contributed by atoms with E-state index in [1.165, 1.54) is 11.3 Å². The Morgan fingerprint density at radius 1 is 1.07 bits per heavy atom. The summed E-state index contributed by atoms with van der Waals surface area (Å²) in [5.41, 5.74) is 3.36. The van der Waals surface area contributed by atoms with Gasteiger partial charge in [-0.05, 0) is 48.2 Å². The monoisotopic (exact) mass is 381 g/mol. The number of methoxy groups -OCH3 is 1. The minimum atomic E-state index is 0.0636. The zero-order chi connectivity index (χ0) is 19.9. The van der Waals surface area contributed by atoms with Crippen molar-refractivity contribution in [2.24, 2.45) is 0 Å². The van der Waals surface area contributed by atoms with E-state index in [9.17, 15) is 4.79 Å². The summed E-state index contributed by atoms with van der Waals surface area (Å²) in [5.74, 6) is 1.37. The van der Waals surface area contributed by atoms with Gasteiger partial charge in [-0.3, -0.25) is 9.69 Å². The van der Waals surface area contributed by atoms with Crippen LogP contribution in [0.1, 0.15) is 31.7 Å². The van der Waals surface area contributed by atoms with Crippen LogP contribution in [0.5, 0.6) is 5.75 Å². The second-order valence-electron chi connectivity index (χ2n) is 7.41. The number of hydrogen-bond donors (Lipinski definition) is 1. The number of nitrogens with one attached hydrogen (secondary N) is 1. The molecule has 0 spiro atoms. The van der Waals surface area contributed by atoms with Gasteiger partial charge in [0, 0.05) is 37.6 Å². The lowest BCUT2D eigenvalue weighted by Gasteiger charge is -2.35. The van der Waals surface area contributed by atoms with Crippen molar-refractivity contribution in [3.8, 4) is 5.75 Å². The molecule has 1 N–H and O–H groups in total. The Morgan fingerprint density at radius 3 is 2.39 bits per heavy atom. The van der Waals surface area contributed by atoms with Crippen LogP contribution in [-0.2, 0) is 4.79 Å². The Bertz CT molecular complexity index is 768. The predicted octanol–water partition coefficient (Wildman–Crippen LogP) is 3.97. The van der Waals surface area contributed by atoms with E-state index >= 15 is 0 Å². The Morgan fingerprint density at radius 2 is 1.75 bits per heavy atom. The smallest absolute Gasteiger partial charge is 0.238 e. The standard InChI is InChI=1S/C23H31N3O2/c1-4-18(2)21-7-5-6-8-22(21)24-23(27)17-25-13-15-26(16-14-25)19-9-11-20(28-3)12-10-19/h5-12,18H,4,13-17H2,1-3H3,(H,24,27)/t18-/m1/s1. The van der Waals surface area contributed by atoms with Gasteiger partial charge in [0.05, 0.1) is 13.7 Å². The third-order valence-corrected chi connectivity index (χ3v) is 5.56. The first kappa shape index (κ1) is 20.2. The van der Waals surface area contributed by atoms with E-state index in [0.717, 1.165) is 44.0 Å². The average Bonchev–Trinajstić information content (AvgIpc) is 2.74. The SMILES string of the molecule is CC[C@@H](C)c1ccccc1NC(=O)CN1CCN(c2ccc(OC)cc2)CC1. The van der Waals surface area contributed by atoms with Crippen LogP contribution < -0.4 is 15.0 Å². The number of para-hydroxylation sites is 1. The molecule has 1 aliphatic heterocycles. The molecule has 1 heterocycles. The van der Waals surface area contributed by atoms with E-state index < -0.39 is 0 Å². The lowest BCUT2D eigenvalue weighted by atomic mass is 9.97. The van der Waals surface area contributed by atoms with Gasteiger partial charge in [-0.2, -0.15) is 0 Å². The zero-order valence-corrected chi connectivity index (χ0v) is 17.1. The molecule has 0 saturated carbocycles. The lowest BCUT2D eigenvalue weighted by molar-refractivity contribution is -0.117. The lowest BCUT2D eigenvalue weighted by Crippen LogP contribution is -2.48. The maximum Gasteiger partial charge on any atom is 0.238 e. The summed E-state index contributed by atoms with van der Waals surface area (Å²) >= 11 is 0. The molecule has 0 aromatic heterocycles. The molecule has 5 heteroatoms. The zero-order valence-electron chi connectivity index (χ0n) is 17.1. The summed E-state index contributed by atoms with van der Waals surface area (Å²) in [6.45, 7) is 8.41. The van der Waals surface area contributed by atoms with Crippen molar-refractivity contribution in [1.82, 2.24) is 4.90 Å². The first-order valence-corrected chi connectivity index (χ1v) is 10.1. The van der Waals surface area contributed by atoms with Gasteiger partial charge in [0.2, 0.25) is 5.91 Å². The first-order valence-electron chi connectivity index (χ1n) is 10.1. The minimum Gasteiger partial charge on any atom is -0.497 e. The predicted molar refractivity (Wildman–Crippen MR) is 115 cm³/mol. The van der Waals surface area contributed by atoms with Crippen LogP contribution in [0.3, 0.4) is 0 Å². The minimum absolute atomic E-state index is 0.0636. The molecule has 28 heavy (non-hydrogen) atoms. The molecule has 0 unspecified atom stereocenters. The third kappa shape index (κ3) is 5.04. The second-order valence-corrected chi connectivity index (χ2v) is 7.41. The van der Waals surface area contributed by atoms with Crippen molar-refractivity contribution < 1.29 is 9.53 Å². The molecule has 2 aromatic carbocycles. The van der Waals surface area contributed by atoms with Crippen LogP contribution in [0.4, 0.5) is 11.4 Å². The first-order chi connectivity index (χ1) is 13.6. The van der Waals surface area contributed by atoms with E-state index in [-0.39, 0.29) is 5.91 Å². The Hall–Kier alpha value is -2.53. The highest BCUT2D eigenvalue weighted by Crippen LogP contribution is 2.26. The fraction of sp³-hybridized carbons (Fsp3) is 0.435. The molecule has 0 bridgehead atoms. The maximum atomic E-state index is 12.6. The van der Waals surface area contributed by atoms with Gasteiger partial charge in [-0.1, -0.05) is 32.0 Å². The average molecular weight is 382 g/mol. The van der Waals surface area contributed by atoms with Crippen LogP contribution in [0.15, 0.2) is 48.5 Å². The van der Waals surface area contributed by atoms with Gasteiger partial charge in [0.15, 0.2) is 0 Å². The molecule has 1 amide bonds. The number of carbonyl (C=O) groups excluding carboxylic acids is 1. The van der Waals surface area contributed by atoms with Crippen LogP contribution in [-0.4, -0.2) is 50.6 Å². The number of carbonyl (C=O) groups is 1. The van der Waals surface area contributed by atoms with E-state index in [2.05, 4.69) is 47.2 Å². The molecule has 3 rings (SSSR count). The maximum absolute atomic E-state index is 12.6. The van der Waals surface area contributed by atoms with Crippen molar-refractivity contribution in [3.63, 3.8) is 0 Å². The van der Waals surface area contributed by atoms with Gasteiger partial charge < -0.3 is 15.0 Å². The molecular weight excluding hydrogens is 350 g/mol. The van der Waals surface area contributed by atoms with E-state index in [0.29, 0.717) is 12.5 Å². The van der Waals surface area contributed by atoms with E-state index in [1.807, 2.05) is 30.3 Å². The number of anilines is 2. The van der Waals surface area contributed by atoms with Gasteiger partial charge in [0.1, 0.15) is 5.75 Å². The van der Waals surface area contributed by atoms with Crippen molar-refractivity contribution in [1.29, 1.82) is 0 Å². The summed E-state index contributed by atoms with van der Waals surface area (Å²) < 4.78 is 5.23. The fourth-order valence-corrected chi connectivity index (χ4v) is 3.61. The molecule has 1 aliphatic rings. The largest absolute Gasteiger partial charge is 0.497 e. The third-order valence-electron chi connectivity index (χ3n) is 5.56. The molecule has 1 atom stereocenters. The van der Waals surface area contributed by atoms with E-state index in [4.69, 9.17) is 4.74 Å². The molecule has 1 fully saturated rings. The second kappa shape index (κ2) is 9.60. The summed E-state index contributed by atoms with van der Waals surface area (Å²) in [6, 6.07) is 16.3. The normalized spacial score (nSPS) is 15.9. The summed E-state index contributed by atoms with van der Waals surface area (Å²) in [6.07, 6.45) is 1.06. The summed E-state index contributed by atoms with van der Waals surface area (Å²) in [5, 5.41) is 3.12. The van der Waals surface area contributed by atoms with Crippen LogP contribution in [0.25, 0.3) is 0 Å². The molecule has 0 radical (unpaired) electrons. The molecule has 2 aromatic rings. The highest BCUT2D eigenvalue weighted by Gasteiger charge is 2.20. The molecule has 150 valence electrons. The molecule has 1 saturated heterocycles. The van der Waals surface area contributed by atoms with Gasteiger partial charge in [-0.25, -0.2) is 0 Å². The van der Waals surface area contributed by atoms with Crippen LogP contribution in [0, 0.1) is 0 Å². The van der Waals surface area contributed by atoms with Crippen molar-refractivity contribution in [2.45, 2.75) is 26.2 Å². The van der Waals surface area contributed by atoms with Gasteiger partial charge in [-0.15, -0.1) is 0 Å². The van der Waals surface area contributed by atoms with Gasteiger partial charge >= 0.3 is 0 Å². The number of hydrogen-bond acceptors (Lipinski definition) is 4. The van der Waals surface area contributed by atoms with Crippen molar-refractivity contribution >= 4 is 17.3 Å². The number of piperazine rings is 1. The Balaban J connectivity index is 1.51. The molecular formula is C23H31N3O2. The van der Waals surface area contributed by atoms with Crippen LogP contribution >= 0.6 is 0 Å². The Labute approximate surface area is 168 Å². The highest BCUT2D eigenvalue weighted by molar-refractivity contribution is 5.93. The molecule has 5 nitrogen and oxygen atoms in total. The number of ether oxygens (including phenoxy) is 1. The highest BCUT2D eigenvalue weighted by atomic mass is 16.5. The summed E-state index contributed by atoms with van der Waals surface area (Å²) in [4.78, 5) is 17.2.